The molecular weight excluding hydrogens is 657 g/mol. The van der Waals surface area contributed by atoms with Gasteiger partial charge >= 0.3 is 0 Å². The second-order valence-electron chi connectivity index (χ2n) is 13.8. The monoisotopic (exact) mass is 703 g/mol. The third-order valence-electron chi connectivity index (χ3n) is 7.48. The molecule has 0 fully saturated rings. The molecule has 266 valence electrons. The van der Waals surface area contributed by atoms with Crippen molar-refractivity contribution in [2.45, 2.75) is 34.3 Å². The molecule has 0 unspecified atom stereocenters. The Kier molecular flexibility index (Phi) is 13.7. The number of anilines is 5. The minimum absolute atomic E-state index is 0.0407. The molecule has 0 aliphatic heterocycles. The van der Waals surface area contributed by atoms with Gasteiger partial charge in [-0.15, -0.1) is 0 Å². The number of hydrogen-bond donors (Lipinski definition) is 4. The third kappa shape index (κ3) is 13.1. The van der Waals surface area contributed by atoms with Gasteiger partial charge in [0.1, 0.15) is 36.1 Å². The van der Waals surface area contributed by atoms with Gasteiger partial charge in [-0.3, -0.25) is 4.79 Å². The smallest absolute Gasteiger partial charge is 0.248 e. The Labute approximate surface area is 299 Å². The number of nitrogens with one attached hydrogen (secondary N) is 3. The highest BCUT2D eigenvalue weighted by Gasteiger charge is 2.23. The summed E-state index contributed by atoms with van der Waals surface area (Å²) in [5.74, 6) is 1.02. The van der Waals surface area contributed by atoms with Gasteiger partial charge in [0.2, 0.25) is 5.91 Å². The van der Waals surface area contributed by atoms with Gasteiger partial charge in [-0.05, 0) is 67.7 Å². The molecule has 4 rings (SSSR count). The summed E-state index contributed by atoms with van der Waals surface area (Å²) in [6.45, 7) is 12.0. The maximum Gasteiger partial charge on any atom is 0.248 e. The number of likely N-dealkylation sites (N-methyl/N-ethyl adjacent to an activating group) is 1. The number of rotatable bonds is 18. The predicted molar refractivity (Wildman–Crippen MR) is 200 cm³/mol. The fourth-order valence-corrected chi connectivity index (χ4v) is 5.21. The lowest BCUT2D eigenvalue weighted by Gasteiger charge is -2.31. The Morgan fingerprint density at radius 2 is 1.60 bits per heavy atom. The van der Waals surface area contributed by atoms with Crippen molar-refractivity contribution in [2.24, 2.45) is 16.6 Å². The molecule has 10 nitrogen and oxygen atoms in total. The highest BCUT2D eigenvalue weighted by Crippen LogP contribution is 2.30. The molecule has 0 aliphatic rings. The number of hydrogen-bond acceptors (Lipinski definition) is 9. The maximum absolute atomic E-state index is 13.5. The predicted octanol–water partition coefficient (Wildman–Crippen LogP) is 7.79. The third-order valence-corrected chi connectivity index (χ3v) is 7.78. The van der Waals surface area contributed by atoms with Crippen LogP contribution >= 0.6 is 11.6 Å². The van der Waals surface area contributed by atoms with E-state index in [1.54, 1.807) is 36.4 Å². The number of carbonyl (C=O) groups excluding carboxylic acids is 1. The zero-order valence-electron chi connectivity index (χ0n) is 29.3. The van der Waals surface area contributed by atoms with E-state index in [-0.39, 0.29) is 29.2 Å². The van der Waals surface area contributed by atoms with Gasteiger partial charge in [-0.2, -0.15) is 0 Å². The first kappa shape index (κ1) is 38.3. The summed E-state index contributed by atoms with van der Waals surface area (Å²) in [7, 11) is 2.02. The lowest BCUT2D eigenvalue weighted by Crippen LogP contribution is -2.37. The fraction of sp³-hybridized carbons (Fsp3) is 0.342. The van der Waals surface area contributed by atoms with E-state index in [0.29, 0.717) is 65.6 Å². The number of benzene rings is 3. The van der Waals surface area contributed by atoms with Crippen LogP contribution < -0.4 is 26.4 Å². The van der Waals surface area contributed by atoms with Crippen molar-refractivity contribution in [1.29, 1.82) is 0 Å². The maximum atomic E-state index is 13.5. The molecule has 0 atom stereocenters. The van der Waals surface area contributed by atoms with Gasteiger partial charge in [-0.25, -0.2) is 14.4 Å². The standard InChI is InChI=1S/C38H47ClFN7O3/c1-37(2,22-41)24-49-25-38(3,4)23-47(5)16-8-13-36(48)46-30-12-7-11-29(18-30)44-34-20-35(43-26-42-34)45-31-14-15-33(32(39)19-31)50-21-27-9-6-10-28(40)17-27/h6-15,17-20,26H,16,21-25,41H2,1-5H3,(H,46,48)(H2,42,43,44,45)/b13-8+. The Morgan fingerprint density at radius 3 is 2.30 bits per heavy atom. The number of nitrogens with two attached hydrogens (primary N) is 1. The minimum Gasteiger partial charge on any atom is -0.487 e. The molecule has 5 N–H and O–H groups in total. The van der Waals surface area contributed by atoms with Gasteiger partial charge in [0.15, 0.2) is 0 Å². The Morgan fingerprint density at radius 1 is 0.920 bits per heavy atom. The molecule has 0 aliphatic carbocycles. The summed E-state index contributed by atoms with van der Waals surface area (Å²) in [5.41, 5.74) is 8.49. The normalized spacial score (nSPS) is 11.9. The van der Waals surface area contributed by atoms with Crippen LogP contribution in [0.4, 0.5) is 33.1 Å². The van der Waals surface area contributed by atoms with Crippen molar-refractivity contribution >= 4 is 46.2 Å². The van der Waals surface area contributed by atoms with Gasteiger partial charge < -0.3 is 36.1 Å². The van der Waals surface area contributed by atoms with Crippen LogP contribution in [0.2, 0.25) is 5.02 Å². The van der Waals surface area contributed by atoms with E-state index in [0.717, 1.165) is 12.2 Å². The largest absolute Gasteiger partial charge is 0.487 e. The second-order valence-corrected chi connectivity index (χ2v) is 14.2. The van der Waals surface area contributed by atoms with Crippen LogP contribution in [0.5, 0.6) is 5.75 Å². The van der Waals surface area contributed by atoms with Gasteiger partial charge in [0.25, 0.3) is 0 Å². The van der Waals surface area contributed by atoms with Crippen LogP contribution in [0.15, 0.2) is 91.3 Å². The number of halogens is 2. The van der Waals surface area contributed by atoms with E-state index in [4.69, 9.17) is 26.8 Å². The van der Waals surface area contributed by atoms with E-state index in [9.17, 15) is 9.18 Å². The molecule has 4 aromatic rings. The summed E-state index contributed by atoms with van der Waals surface area (Å²) < 4.78 is 25.2. The molecule has 1 aromatic heterocycles. The number of ether oxygens (including phenoxy) is 2. The number of aromatic nitrogens is 2. The zero-order chi connectivity index (χ0) is 36.1. The van der Waals surface area contributed by atoms with Crippen LogP contribution in [0.1, 0.15) is 33.3 Å². The zero-order valence-corrected chi connectivity index (χ0v) is 30.1. The highest BCUT2D eigenvalue weighted by molar-refractivity contribution is 6.32. The first-order chi connectivity index (χ1) is 23.8. The van der Waals surface area contributed by atoms with E-state index in [2.05, 4.69) is 58.5 Å². The van der Waals surface area contributed by atoms with Crippen LogP contribution in [0, 0.1) is 16.6 Å². The lowest BCUT2D eigenvalue weighted by molar-refractivity contribution is -0.111. The highest BCUT2D eigenvalue weighted by atomic mass is 35.5. The van der Waals surface area contributed by atoms with Crippen molar-refractivity contribution < 1.29 is 18.7 Å². The Balaban J connectivity index is 1.25. The van der Waals surface area contributed by atoms with Crippen molar-refractivity contribution in [1.82, 2.24) is 14.9 Å². The van der Waals surface area contributed by atoms with Gasteiger partial charge in [0.05, 0.1) is 18.2 Å². The van der Waals surface area contributed by atoms with Crippen LogP contribution in [-0.4, -0.2) is 60.7 Å². The quantitative estimate of drug-likeness (QED) is 0.0769. The van der Waals surface area contributed by atoms with Gasteiger partial charge in [0, 0.05) is 53.1 Å². The average molecular weight is 704 g/mol. The molecule has 0 spiro atoms. The summed E-state index contributed by atoms with van der Waals surface area (Å²) >= 11 is 6.45. The molecule has 0 radical (unpaired) electrons. The lowest BCUT2D eigenvalue weighted by atomic mass is 9.93. The minimum atomic E-state index is -0.320. The summed E-state index contributed by atoms with van der Waals surface area (Å²) in [6.07, 6.45) is 4.83. The van der Waals surface area contributed by atoms with E-state index >= 15 is 0 Å². The second kappa shape index (κ2) is 17.9. The molecule has 1 amide bonds. The average Bonchev–Trinajstić information content (AvgIpc) is 3.04. The van der Waals surface area contributed by atoms with Crippen molar-refractivity contribution in [3.8, 4) is 5.75 Å². The molecule has 0 saturated carbocycles. The van der Waals surface area contributed by atoms with E-state index < -0.39 is 0 Å². The summed E-state index contributed by atoms with van der Waals surface area (Å²) in [4.78, 5) is 23.4. The molecule has 0 saturated heterocycles. The van der Waals surface area contributed by atoms with E-state index in [1.807, 2.05) is 43.5 Å². The SMILES string of the molecule is CN(C/C=C/C(=O)Nc1cccc(Nc2cc(Nc3ccc(OCc4cccc(F)c4)c(Cl)c3)ncn2)c1)CC(C)(C)COCC(C)(C)CN. The Bertz CT molecular complexity index is 1750. The topological polar surface area (TPSA) is 127 Å². The molecule has 50 heavy (non-hydrogen) atoms. The van der Waals surface area contributed by atoms with E-state index in [1.165, 1.54) is 18.5 Å². The molecule has 3 aromatic carbocycles. The molecule has 1 heterocycles. The van der Waals surface area contributed by atoms with Crippen LogP contribution in [0.3, 0.4) is 0 Å². The first-order valence-electron chi connectivity index (χ1n) is 16.4. The molecular formula is C38H47ClFN7O3. The molecule has 0 bridgehead atoms. The molecule has 12 heteroatoms. The number of carbonyl (C=O) groups is 1. The van der Waals surface area contributed by atoms with Crippen molar-refractivity contribution in [3.63, 3.8) is 0 Å². The van der Waals surface area contributed by atoms with Crippen LogP contribution in [0.25, 0.3) is 0 Å². The van der Waals surface area contributed by atoms with Crippen molar-refractivity contribution in [3.05, 3.63) is 108 Å². The first-order valence-corrected chi connectivity index (χ1v) is 16.7. The summed E-state index contributed by atoms with van der Waals surface area (Å²) in [5, 5.41) is 9.77. The van der Waals surface area contributed by atoms with Crippen molar-refractivity contribution in [2.75, 3.05) is 55.8 Å². The van der Waals surface area contributed by atoms with Gasteiger partial charge in [-0.1, -0.05) is 63.6 Å². The number of amides is 1. The Hall–Kier alpha value is -4.55. The van der Waals surface area contributed by atoms with Crippen LogP contribution in [-0.2, 0) is 16.1 Å². The summed E-state index contributed by atoms with van der Waals surface area (Å²) in [6, 6.07) is 20.6. The fourth-order valence-electron chi connectivity index (χ4n) is 4.98. The number of nitrogens with zero attached hydrogens (tertiary/aromatic N) is 3.